The number of aryl methyl sites for hydroxylation is 3. The minimum atomic E-state index is -0.0648. The second kappa shape index (κ2) is 4.31. The summed E-state index contributed by atoms with van der Waals surface area (Å²) in [5, 5.41) is 11.1. The van der Waals surface area contributed by atoms with Gasteiger partial charge >= 0.3 is 0 Å². The minimum absolute atomic E-state index is 0.0648. The van der Waals surface area contributed by atoms with Crippen molar-refractivity contribution >= 4 is 0 Å². The largest absolute Gasteiger partial charge is 0.339 e. The second-order valence-electron chi connectivity index (χ2n) is 5.30. The first-order valence-electron chi connectivity index (χ1n) is 5.79. The molecule has 1 N–H and O–H groups in total. The molecule has 5 nitrogen and oxygen atoms in total. The summed E-state index contributed by atoms with van der Waals surface area (Å²) in [5.41, 5.74) is 2.03. The summed E-state index contributed by atoms with van der Waals surface area (Å²) in [7, 11) is 0. The van der Waals surface area contributed by atoms with E-state index in [2.05, 4.69) is 41.1 Å². The lowest BCUT2D eigenvalue weighted by Crippen LogP contribution is -2.13. The number of nitrogens with zero attached hydrogens (tertiary/aromatic N) is 3. The summed E-state index contributed by atoms with van der Waals surface area (Å²) in [4.78, 5) is 4.39. The number of hydrogen-bond acceptors (Lipinski definition) is 4. The predicted octanol–water partition coefficient (Wildman–Crippen LogP) is 2.18. The smallest absolute Gasteiger partial charge is 0.227 e. The zero-order valence-electron chi connectivity index (χ0n) is 10.7. The van der Waals surface area contributed by atoms with Crippen molar-refractivity contribution in [3.63, 3.8) is 0 Å². The molecule has 0 aliphatic heterocycles. The van der Waals surface area contributed by atoms with E-state index in [0.29, 0.717) is 5.89 Å². The lowest BCUT2D eigenvalue weighted by atomic mass is 9.96. The Hall–Kier alpha value is -1.65. The molecule has 2 aromatic heterocycles. The van der Waals surface area contributed by atoms with Crippen LogP contribution in [0.15, 0.2) is 10.6 Å². The van der Waals surface area contributed by atoms with Crippen molar-refractivity contribution in [2.45, 2.75) is 46.0 Å². The van der Waals surface area contributed by atoms with Crippen LogP contribution in [-0.2, 0) is 18.3 Å². The van der Waals surface area contributed by atoms with Gasteiger partial charge in [0.2, 0.25) is 5.89 Å². The summed E-state index contributed by atoms with van der Waals surface area (Å²) >= 11 is 0. The molecule has 0 aliphatic carbocycles. The molecular weight excluding hydrogens is 216 g/mol. The van der Waals surface area contributed by atoms with Gasteiger partial charge in [0.25, 0.3) is 0 Å². The van der Waals surface area contributed by atoms with Crippen LogP contribution in [0.25, 0.3) is 0 Å². The monoisotopic (exact) mass is 234 g/mol. The SMILES string of the molecule is Cc1cc(CCc2nc(C(C)(C)C)no2)n[nH]1. The highest BCUT2D eigenvalue weighted by molar-refractivity contribution is 5.08. The van der Waals surface area contributed by atoms with E-state index in [1.807, 2.05) is 13.0 Å². The zero-order chi connectivity index (χ0) is 12.5. The minimum Gasteiger partial charge on any atom is -0.339 e. The van der Waals surface area contributed by atoms with E-state index in [1.54, 1.807) is 0 Å². The van der Waals surface area contributed by atoms with E-state index in [9.17, 15) is 0 Å². The van der Waals surface area contributed by atoms with E-state index < -0.39 is 0 Å². The standard InChI is InChI=1S/C12H18N4O/c1-8-7-9(15-14-8)5-6-10-13-11(16-17-10)12(2,3)4/h7H,5-6H2,1-4H3,(H,14,15). The molecule has 17 heavy (non-hydrogen) atoms. The maximum Gasteiger partial charge on any atom is 0.227 e. The molecule has 92 valence electrons. The number of hydrogen-bond donors (Lipinski definition) is 1. The fourth-order valence-electron chi connectivity index (χ4n) is 1.50. The third-order valence-electron chi connectivity index (χ3n) is 2.49. The molecule has 2 rings (SSSR count). The molecule has 2 heterocycles. The Bertz CT molecular complexity index is 493. The zero-order valence-corrected chi connectivity index (χ0v) is 10.7. The van der Waals surface area contributed by atoms with Crippen LogP contribution in [0.1, 0.15) is 43.9 Å². The molecule has 0 radical (unpaired) electrons. The van der Waals surface area contributed by atoms with E-state index in [1.165, 1.54) is 0 Å². The fourth-order valence-corrected chi connectivity index (χ4v) is 1.50. The molecule has 0 unspecified atom stereocenters. The Morgan fingerprint density at radius 3 is 2.59 bits per heavy atom. The molecule has 0 spiro atoms. The van der Waals surface area contributed by atoms with Crippen LogP contribution >= 0.6 is 0 Å². The highest BCUT2D eigenvalue weighted by Gasteiger charge is 2.20. The van der Waals surface area contributed by atoms with Crippen molar-refractivity contribution in [3.05, 3.63) is 29.2 Å². The van der Waals surface area contributed by atoms with Crippen LogP contribution < -0.4 is 0 Å². The van der Waals surface area contributed by atoms with E-state index in [0.717, 1.165) is 30.1 Å². The van der Waals surface area contributed by atoms with E-state index in [4.69, 9.17) is 4.52 Å². The molecule has 2 aromatic rings. The number of rotatable bonds is 3. The van der Waals surface area contributed by atoms with E-state index in [-0.39, 0.29) is 5.41 Å². The average Bonchev–Trinajstić information content (AvgIpc) is 2.82. The highest BCUT2D eigenvalue weighted by Crippen LogP contribution is 2.18. The molecule has 0 amide bonds. The van der Waals surface area contributed by atoms with Crippen LogP contribution in [-0.4, -0.2) is 20.3 Å². The van der Waals surface area contributed by atoms with Gasteiger partial charge in [0.15, 0.2) is 5.82 Å². The maximum atomic E-state index is 5.22. The van der Waals surface area contributed by atoms with Crippen molar-refractivity contribution < 1.29 is 4.52 Å². The first kappa shape index (κ1) is 11.8. The van der Waals surface area contributed by atoms with Crippen LogP contribution in [0.4, 0.5) is 0 Å². The third-order valence-corrected chi connectivity index (χ3v) is 2.49. The summed E-state index contributed by atoms with van der Waals surface area (Å²) in [6, 6.07) is 2.03. The van der Waals surface area contributed by atoms with Gasteiger partial charge < -0.3 is 4.52 Å². The van der Waals surface area contributed by atoms with Gasteiger partial charge in [0.1, 0.15) is 0 Å². The molecule has 0 atom stereocenters. The molecule has 0 aliphatic rings. The summed E-state index contributed by atoms with van der Waals surface area (Å²) < 4.78 is 5.22. The number of nitrogens with one attached hydrogen (secondary N) is 1. The average molecular weight is 234 g/mol. The molecule has 0 fully saturated rings. The Labute approximate surface area is 101 Å². The molecule has 0 saturated heterocycles. The van der Waals surface area contributed by atoms with Gasteiger partial charge in [-0.3, -0.25) is 5.10 Å². The molecule has 5 heteroatoms. The Kier molecular flexibility index (Phi) is 3.00. The predicted molar refractivity (Wildman–Crippen MR) is 63.7 cm³/mol. The van der Waals surface area contributed by atoms with Gasteiger partial charge in [0, 0.05) is 24.0 Å². The topological polar surface area (TPSA) is 67.6 Å². The molecular formula is C12H18N4O. The van der Waals surface area contributed by atoms with Crippen LogP contribution in [0, 0.1) is 6.92 Å². The van der Waals surface area contributed by atoms with Gasteiger partial charge in [-0.05, 0) is 13.0 Å². The van der Waals surface area contributed by atoms with Crippen LogP contribution in [0.3, 0.4) is 0 Å². The highest BCUT2D eigenvalue weighted by atomic mass is 16.5. The summed E-state index contributed by atoms with van der Waals surface area (Å²) in [6.07, 6.45) is 1.55. The first-order chi connectivity index (χ1) is 7.95. The Morgan fingerprint density at radius 2 is 2.06 bits per heavy atom. The lowest BCUT2D eigenvalue weighted by Gasteiger charge is -2.10. The van der Waals surface area contributed by atoms with Crippen molar-refractivity contribution in [3.8, 4) is 0 Å². The van der Waals surface area contributed by atoms with Gasteiger partial charge in [-0.2, -0.15) is 10.1 Å². The third kappa shape index (κ3) is 2.93. The summed E-state index contributed by atoms with van der Waals surface area (Å²) in [5.74, 6) is 1.43. The first-order valence-corrected chi connectivity index (χ1v) is 5.79. The van der Waals surface area contributed by atoms with Gasteiger partial charge in [0.05, 0.1) is 5.69 Å². The van der Waals surface area contributed by atoms with Crippen LogP contribution in [0.2, 0.25) is 0 Å². The normalized spacial score (nSPS) is 12.0. The van der Waals surface area contributed by atoms with Crippen molar-refractivity contribution in [1.82, 2.24) is 20.3 Å². The number of aromatic nitrogens is 4. The summed E-state index contributed by atoms with van der Waals surface area (Å²) in [6.45, 7) is 8.19. The van der Waals surface area contributed by atoms with E-state index >= 15 is 0 Å². The molecule has 0 bridgehead atoms. The van der Waals surface area contributed by atoms with Crippen molar-refractivity contribution in [2.75, 3.05) is 0 Å². The second-order valence-corrected chi connectivity index (χ2v) is 5.30. The van der Waals surface area contributed by atoms with Crippen molar-refractivity contribution in [2.24, 2.45) is 0 Å². The van der Waals surface area contributed by atoms with Gasteiger partial charge in [-0.1, -0.05) is 25.9 Å². The Morgan fingerprint density at radius 1 is 1.29 bits per heavy atom. The van der Waals surface area contributed by atoms with Gasteiger partial charge in [-0.25, -0.2) is 0 Å². The lowest BCUT2D eigenvalue weighted by molar-refractivity contribution is 0.362. The quantitative estimate of drug-likeness (QED) is 0.883. The van der Waals surface area contributed by atoms with Gasteiger partial charge in [-0.15, -0.1) is 0 Å². The number of H-pyrrole nitrogens is 1. The Balaban J connectivity index is 1.98. The number of aromatic amines is 1. The molecule has 0 saturated carbocycles. The maximum absolute atomic E-state index is 5.22. The fraction of sp³-hybridized carbons (Fsp3) is 0.583. The van der Waals surface area contributed by atoms with Crippen molar-refractivity contribution in [1.29, 1.82) is 0 Å². The molecule has 0 aromatic carbocycles. The van der Waals surface area contributed by atoms with Crippen LogP contribution in [0.5, 0.6) is 0 Å².